The van der Waals surface area contributed by atoms with E-state index >= 15 is 0 Å². The Labute approximate surface area is 141 Å². The van der Waals surface area contributed by atoms with E-state index < -0.39 is 0 Å². The van der Waals surface area contributed by atoms with Crippen molar-refractivity contribution in [3.63, 3.8) is 0 Å². The van der Waals surface area contributed by atoms with Gasteiger partial charge in [-0.1, -0.05) is 45.2 Å². The lowest BCUT2D eigenvalue weighted by Crippen LogP contribution is -2.02. The molecule has 1 atom stereocenters. The lowest BCUT2D eigenvalue weighted by Gasteiger charge is -2.19. The van der Waals surface area contributed by atoms with Gasteiger partial charge in [0.05, 0.1) is 4.83 Å². The third-order valence-electron chi connectivity index (χ3n) is 3.22. The van der Waals surface area contributed by atoms with Gasteiger partial charge < -0.3 is 0 Å². The summed E-state index contributed by atoms with van der Waals surface area (Å²) in [6, 6.07) is 10.5. The summed E-state index contributed by atoms with van der Waals surface area (Å²) in [5.74, 6) is 0. The number of halogens is 3. The summed E-state index contributed by atoms with van der Waals surface area (Å²) in [5.41, 5.74) is 6.50. The largest absolute Gasteiger partial charge is 0.0843 e. The molecule has 0 saturated carbocycles. The van der Waals surface area contributed by atoms with E-state index in [0.29, 0.717) is 0 Å². The minimum Gasteiger partial charge on any atom is -0.0843 e. The van der Waals surface area contributed by atoms with Gasteiger partial charge in [-0.25, -0.2) is 0 Å². The SMILES string of the molecule is Cc1cc(C)c(C(Br)c2cc(Cl)ccc2I)c(C)c1. The molecule has 0 aliphatic heterocycles. The zero-order chi connectivity index (χ0) is 14.2. The van der Waals surface area contributed by atoms with Crippen LogP contribution in [-0.2, 0) is 0 Å². The predicted molar refractivity (Wildman–Crippen MR) is 95.6 cm³/mol. The van der Waals surface area contributed by atoms with Crippen LogP contribution in [0.5, 0.6) is 0 Å². The van der Waals surface area contributed by atoms with Crippen molar-refractivity contribution in [2.45, 2.75) is 25.6 Å². The molecule has 0 bridgehead atoms. The van der Waals surface area contributed by atoms with Crippen LogP contribution in [0.3, 0.4) is 0 Å². The highest BCUT2D eigenvalue weighted by molar-refractivity contribution is 14.1. The molecule has 0 radical (unpaired) electrons. The van der Waals surface area contributed by atoms with Crippen LogP contribution in [0.2, 0.25) is 5.02 Å². The van der Waals surface area contributed by atoms with E-state index in [2.05, 4.69) is 77.5 Å². The third kappa shape index (κ3) is 3.34. The van der Waals surface area contributed by atoms with E-state index in [0.717, 1.165) is 5.02 Å². The Balaban J connectivity index is 2.56. The van der Waals surface area contributed by atoms with E-state index in [1.807, 2.05) is 12.1 Å². The number of hydrogen-bond donors (Lipinski definition) is 0. The maximum Gasteiger partial charge on any atom is 0.0660 e. The Morgan fingerprint density at radius 3 is 2.21 bits per heavy atom. The van der Waals surface area contributed by atoms with Gasteiger partial charge in [-0.3, -0.25) is 0 Å². The maximum atomic E-state index is 6.13. The highest BCUT2D eigenvalue weighted by Gasteiger charge is 2.18. The number of hydrogen-bond acceptors (Lipinski definition) is 0. The molecule has 19 heavy (non-hydrogen) atoms. The second-order valence-electron chi connectivity index (χ2n) is 4.84. The molecule has 2 rings (SSSR count). The van der Waals surface area contributed by atoms with E-state index in [-0.39, 0.29) is 4.83 Å². The van der Waals surface area contributed by atoms with Crippen LogP contribution in [0.1, 0.15) is 32.6 Å². The average molecular weight is 450 g/mol. The quantitative estimate of drug-likeness (QED) is 0.370. The van der Waals surface area contributed by atoms with Gasteiger partial charge in [0.1, 0.15) is 0 Å². The summed E-state index contributed by atoms with van der Waals surface area (Å²) in [6.07, 6.45) is 0. The van der Waals surface area contributed by atoms with Crippen LogP contribution in [0, 0.1) is 24.3 Å². The summed E-state index contributed by atoms with van der Waals surface area (Å²) < 4.78 is 1.23. The van der Waals surface area contributed by atoms with Gasteiger partial charge in [-0.15, -0.1) is 0 Å². The minimum atomic E-state index is 0.179. The zero-order valence-electron chi connectivity index (χ0n) is 11.1. The molecule has 0 aliphatic rings. The molecule has 2 aromatic carbocycles. The first kappa shape index (κ1) is 15.3. The topological polar surface area (TPSA) is 0 Å². The van der Waals surface area contributed by atoms with Crippen molar-refractivity contribution >= 4 is 50.1 Å². The smallest absolute Gasteiger partial charge is 0.0660 e. The molecular formula is C16H15BrClI. The fraction of sp³-hybridized carbons (Fsp3) is 0.250. The number of benzene rings is 2. The highest BCUT2D eigenvalue weighted by Crippen LogP contribution is 2.38. The van der Waals surface area contributed by atoms with Gasteiger partial charge in [0.15, 0.2) is 0 Å². The number of aryl methyl sites for hydroxylation is 3. The second-order valence-corrected chi connectivity index (χ2v) is 7.36. The van der Waals surface area contributed by atoms with Crippen LogP contribution in [0.4, 0.5) is 0 Å². The van der Waals surface area contributed by atoms with E-state index in [9.17, 15) is 0 Å². The third-order valence-corrected chi connectivity index (χ3v) is 5.39. The van der Waals surface area contributed by atoms with E-state index in [1.54, 1.807) is 0 Å². The maximum absolute atomic E-state index is 6.13. The Hall–Kier alpha value is -0.0600. The van der Waals surface area contributed by atoms with Crippen molar-refractivity contribution < 1.29 is 0 Å². The number of alkyl halides is 1. The molecule has 2 aromatic rings. The Bertz CT molecular complexity index is 599. The van der Waals surface area contributed by atoms with Crippen LogP contribution in [0.25, 0.3) is 0 Å². The monoisotopic (exact) mass is 448 g/mol. The molecule has 1 unspecified atom stereocenters. The molecule has 0 aromatic heterocycles. The first-order valence-corrected chi connectivity index (χ1v) is 8.44. The molecule has 100 valence electrons. The summed E-state index contributed by atoms with van der Waals surface area (Å²) in [7, 11) is 0. The summed E-state index contributed by atoms with van der Waals surface area (Å²) in [4.78, 5) is 0.179. The van der Waals surface area contributed by atoms with Gasteiger partial charge in [-0.2, -0.15) is 0 Å². The van der Waals surface area contributed by atoms with Crippen LogP contribution < -0.4 is 0 Å². The lowest BCUT2D eigenvalue weighted by atomic mass is 9.94. The van der Waals surface area contributed by atoms with Gasteiger partial charge in [0.2, 0.25) is 0 Å². The van der Waals surface area contributed by atoms with E-state index in [4.69, 9.17) is 11.6 Å². The van der Waals surface area contributed by atoms with Gasteiger partial charge in [-0.05, 0) is 83.8 Å². The first-order valence-electron chi connectivity index (χ1n) is 6.07. The first-order chi connectivity index (χ1) is 8.90. The predicted octanol–water partition coefficient (Wildman–Crippen LogP) is 6.35. The molecule has 0 aliphatic carbocycles. The molecule has 3 heteroatoms. The molecule has 0 saturated heterocycles. The van der Waals surface area contributed by atoms with Crippen LogP contribution >= 0.6 is 50.1 Å². The molecular weight excluding hydrogens is 434 g/mol. The molecule has 0 N–H and O–H groups in total. The Morgan fingerprint density at radius 2 is 1.63 bits per heavy atom. The molecule has 0 nitrogen and oxygen atoms in total. The van der Waals surface area contributed by atoms with Crippen molar-refractivity contribution in [3.8, 4) is 0 Å². The molecule has 0 fully saturated rings. The van der Waals surface area contributed by atoms with Crippen LogP contribution in [0.15, 0.2) is 30.3 Å². The summed E-state index contributed by atoms with van der Waals surface area (Å²) in [6.45, 7) is 6.47. The van der Waals surface area contributed by atoms with Crippen molar-refractivity contribution in [1.82, 2.24) is 0 Å². The highest BCUT2D eigenvalue weighted by atomic mass is 127. The number of rotatable bonds is 2. The average Bonchev–Trinajstić information content (AvgIpc) is 2.30. The van der Waals surface area contributed by atoms with Crippen molar-refractivity contribution in [2.75, 3.05) is 0 Å². The fourth-order valence-electron chi connectivity index (χ4n) is 2.46. The normalized spacial score (nSPS) is 12.5. The molecule has 0 heterocycles. The lowest BCUT2D eigenvalue weighted by molar-refractivity contribution is 1.09. The van der Waals surface area contributed by atoms with Crippen molar-refractivity contribution in [1.29, 1.82) is 0 Å². The Morgan fingerprint density at radius 1 is 1.05 bits per heavy atom. The minimum absolute atomic E-state index is 0.179. The molecule has 0 amide bonds. The van der Waals surface area contributed by atoms with E-state index in [1.165, 1.54) is 31.4 Å². The summed E-state index contributed by atoms with van der Waals surface area (Å²) in [5, 5.41) is 0.780. The standard InChI is InChI=1S/C16H15BrClI/c1-9-6-10(2)15(11(3)7-9)16(17)13-8-12(18)4-5-14(13)19/h4-8,16H,1-3H3. The second kappa shape index (κ2) is 6.15. The van der Waals surface area contributed by atoms with Crippen LogP contribution in [-0.4, -0.2) is 0 Å². The van der Waals surface area contributed by atoms with Gasteiger partial charge in [0, 0.05) is 8.59 Å². The van der Waals surface area contributed by atoms with Gasteiger partial charge in [0.25, 0.3) is 0 Å². The zero-order valence-corrected chi connectivity index (χ0v) is 15.6. The van der Waals surface area contributed by atoms with Crippen molar-refractivity contribution in [3.05, 3.63) is 66.7 Å². The van der Waals surface area contributed by atoms with Crippen molar-refractivity contribution in [2.24, 2.45) is 0 Å². The molecule has 0 spiro atoms. The van der Waals surface area contributed by atoms with Gasteiger partial charge >= 0.3 is 0 Å². The Kier molecular flexibility index (Phi) is 4.96. The summed E-state index contributed by atoms with van der Waals surface area (Å²) >= 11 is 12.3. The fourth-order valence-corrected chi connectivity index (χ4v) is 4.81.